The van der Waals surface area contributed by atoms with Crippen molar-refractivity contribution in [3.63, 3.8) is 0 Å². The van der Waals surface area contributed by atoms with Gasteiger partial charge in [-0.2, -0.15) is 0 Å². The van der Waals surface area contributed by atoms with Gasteiger partial charge in [0.15, 0.2) is 5.54 Å². The van der Waals surface area contributed by atoms with Gasteiger partial charge in [-0.15, -0.1) is 0 Å². The molecule has 5 atom stereocenters. The van der Waals surface area contributed by atoms with Crippen molar-refractivity contribution >= 4 is 44.9 Å². The fraction of sp³-hybridized carbons (Fsp3) is 0.333. The quantitative estimate of drug-likeness (QED) is 0.244. The molecular formula is C33H31N2O2S+. The predicted molar refractivity (Wildman–Crippen MR) is 155 cm³/mol. The van der Waals surface area contributed by atoms with Gasteiger partial charge in [-0.3, -0.25) is 0 Å². The van der Waals surface area contributed by atoms with Gasteiger partial charge in [0.25, 0.3) is 5.84 Å². The second-order valence-electron chi connectivity index (χ2n) is 11.8. The summed E-state index contributed by atoms with van der Waals surface area (Å²) in [5.74, 6) is -0.0517. The van der Waals surface area contributed by atoms with E-state index in [4.69, 9.17) is 9.73 Å². The van der Waals surface area contributed by atoms with E-state index in [0.29, 0.717) is 0 Å². The van der Waals surface area contributed by atoms with Crippen molar-refractivity contribution < 1.29 is 14.4 Å². The molecule has 190 valence electrons. The molecule has 5 heteroatoms. The normalized spacial score (nSPS) is 32.6. The molecule has 0 aromatic heterocycles. The molecule has 0 saturated heterocycles. The van der Waals surface area contributed by atoms with E-state index in [0.717, 1.165) is 11.4 Å². The monoisotopic (exact) mass is 519 g/mol. The van der Waals surface area contributed by atoms with Crippen LogP contribution >= 0.6 is 11.8 Å². The Bertz CT molecular complexity index is 1790. The van der Waals surface area contributed by atoms with Crippen LogP contribution in [0.2, 0.25) is 0 Å². The lowest BCUT2D eigenvalue weighted by molar-refractivity contribution is -0.502. The molecular weight excluding hydrogens is 488 g/mol. The molecule has 0 spiro atoms. The zero-order chi connectivity index (χ0) is 26.2. The van der Waals surface area contributed by atoms with E-state index >= 15 is 0 Å². The van der Waals surface area contributed by atoms with Crippen LogP contribution in [0.25, 0.3) is 21.5 Å². The number of benzene rings is 4. The first kappa shape index (κ1) is 22.9. The Balaban J connectivity index is 1.54. The van der Waals surface area contributed by atoms with Crippen LogP contribution in [0, 0.1) is 5.92 Å². The van der Waals surface area contributed by atoms with Gasteiger partial charge in [0.1, 0.15) is 17.0 Å². The van der Waals surface area contributed by atoms with Gasteiger partial charge in [-0.1, -0.05) is 85.2 Å². The minimum Gasteiger partial charge on any atom is -0.361 e. The van der Waals surface area contributed by atoms with E-state index in [-0.39, 0.29) is 17.2 Å². The average molecular weight is 520 g/mol. The van der Waals surface area contributed by atoms with Crippen molar-refractivity contribution in [3.05, 3.63) is 89.5 Å². The Hall–Kier alpha value is -2.99. The number of fused-ring (bicyclic) bond motifs is 12. The smallest absolute Gasteiger partial charge is 0.297 e. The van der Waals surface area contributed by atoms with Gasteiger partial charge >= 0.3 is 0 Å². The summed E-state index contributed by atoms with van der Waals surface area (Å²) in [5, 5.41) is 17.2. The Labute approximate surface area is 227 Å². The average Bonchev–Trinajstić information content (AvgIpc) is 3.17. The van der Waals surface area contributed by atoms with Crippen LogP contribution < -0.4 is 0 Å². The maximum absolute atomic E-state index is 12.2. The van der Waals surface area contributed by atoms with E-state index < -0.39 is 16.7 Å². The number of methoxy groups -OCH3 is 1. The predicted octanol–water partition coefficient (Wildman–Crippen LogP) is 6.46. The molecule has 3 aliphatic heterocycles. The van der Waals surface area contributed by atoms with Crippen molar-refractivity contribution in [2.75, 3.05) is 7.11 Å². The highest BCUT2D eigenvalue weighted by Gasteiger charge is 2.92. The van der Waals surface area contributed by atoms with Crippen molar-refractivity contribution in [1.29, 1.82) is 0 Å². The third-order valence-corrected chi connectivity index (χ3v) is 11.2. The molecule has 0 bridgehead atoms. The van der Waals surface area contributed by atoms with Gasteiger partial charge < -0.3 is 9.84 Å². The van der Waals surface area contributed by atoms with E-state index in [9.17, 15) is 5.11 Å². The molecule has 4 aromatic carbocycles. The Morgan fingerprint density at radius 1 is 0.947 bits per heavy atom. The first-order valence-electron chi connectivity index (χ1n) is 13.5. The largest absolute Gasteiger partial charge is 0.361 e. The van der Waals surface area contributed by atoms with E-state index in [1.54, 1.807) is 7.11 Å². The zero-order valence-electron chi connectivity index (χ0n) is 22.3. The number of rotatable bonds is 2. The number of aliphatic imine (C=N–C) groups is 1. The number of aliphatic hydroxyl groups is 1. The summed E-state index contributed by atoms with van der Waals surface area (Å²) in [6.45, 7) is 8.75. The van der Waals surface area contributed by atoms with Gasteiger partial charge in [0.05, 0.1) is 5.92 Å². The molecule has 4 aliphatic rings. The van der Waals surface area contributed by atoms with Crippen molar-refractivity contribution in [2.24, 2.45) is 10.9 Å². The van der Waals surface area contributed by atoms with Crippen LogP contribution in [0.3, 0.4) is 0 Å². The third kappa shape index (κ3) is 2.35. The summed E-state index contributed by atoms with van der Waals surface area (Å²) in [6.07, 6.45) is 0. The molecule has 1 fully saturated rings. The minimum atomic E-state index is -1.35. The zero-order valence-corrected chi connectivity index (χ0v) is 23.1. The number of hydrogen-bond acceptors (Lipinski definition) is 4. The fourth-order valence-electron chi connectivity index (χ4n) is 7.94. The summed E-state index contributed by atoms with van der Waals surface area (Å²) in [4.78, 5) is 6.76. The lowest BCUT2D eigenvalue weighted by atomic mass is 9.76. The first-order valence-corrected chi connectivity index (χ1v) is 14.4. The molecule has 4 nitrogen and oxygen atoms in total. The number of thioether (sulfide) groups is 1. The van der Waals surface area contributed by atoms with Crippen LogP contribution in [0.1, 0.15) is 50.3 Å². The number of ether oxygens (including phenoxy) is 1. The maximum Gasteiger partial charge on any atom is 0.297 e. The lowest BCUT2D eigenvalue weighted by Gasteiger charge is -2.35. The van der Waals surface area contributed by atoms with Gasteiger partial charge in [0, 0.05) is 17.6 Å². The molecule has 1 aliphatic carbocycles. The summed E-state index contributed by atoms with van der Waals surface area (Å²) in [6, 6.07) is 26.4. The number of hydrogen-bond donors (Lipinski definition) is 1. The maximum atomic E-state index is 12.2. The molecule has 8 rings (SSSR count). The minimum absolute atomic E-state index is 0.0566. The molecule has 3 heterocycles. The van der Waals surface area contributed by atoms with Gasteiger partial charge in [-0.05, 0) is 64.7 Å². The summed E-state index contributed by atoms with van der Waals surface area (Å²) < 4.78 is 8.44. The fourth-order valence-corrected chi connectivity index (χ4v) is 9.27. The highest BCUT2D eigenvalue weighted by molar-refractivity contribution is 8.00. The second kappa shape index (κ2) is 7.15. The Kier molecular flexibility index (Phi) is 4.32. The Morgan fingerprint density at radius 2 is 1.63 bits per heavy atom. The topological polar surface area (TPSA) is 44.8 Å². The van der Waals surface area contributed by atoms with Crippen LogP contribution in [-0.2, 0) is 10.2 Å². The number of amidine groups is 1. The van der Waals surface area contributed by atoms with Gasteiger partial charge in [0.2, 0.25) is 11.2 Å². The molecule has 4 aromatic rings. The van der Waals surface area contributed by atoms with Crippen LogP contribution in [-0.4, -0.2) is 45.0 Å². The van der Waals surface area contributed by atoms with Crippen molar-refractivity contribution in [1.82, 2.24) is 0 Å². The Morgan fingerprint density at radius 3 is 2.34 bits per heavy atom. The molecule has 1 N–H and O–H groups in total. The first-order chi connectivity index (χ1) is 18.3. The molecule has 5 unspecified atom stereocenters. The second-order valence-corrected chi connectivity index (χ2v) is 13.0. The van der Waals surface area contributed by atoms with Crippen LogP contribution in [0.15, 0.2) is 82.7 Å². The summed E-state index contributed by atoms with van der Waals surface area (Å²) in [7, 11) is 1.64. The highest BCUT2D eigenvalue weighted by atomic mass is 32.2. The van der Waals surface area contributed by atoms with E-state index in [2.05, 4.69) is 105 Å². The van der Waals surface area contributed by atoms with Gasteiger partial charge in [-0.25, -0.2) is 4.58 Å². The standard InChI is InChI=1S/C33H31N2O2S/c1-18(2)29-34-30-27(26-22-13-9-8-10-19(22)14-15-25(26)38-30)28-23-16-20-11-6-7-12-21(20)17-24(23)31(3)32(4,35(28)29)33(31,36)37-5/h6-18,27,30,36H,1-5H3/q+1. The van der Waals surface area contributed by atoms with E-state index in [1.807, 2.05) is 11.8 Å². The molecule has 0 amide bonds. The molecule has 0 radical (unpaired) electrons. The molecule has 1 saturated carbocycles. The molecule has 38 heavy (non-hydrogen) atoms. The summed E-state index contributed by atoms with van der Waals surface area (Å²) in [5.41, 5.74) is 3.68. The van der Waals surface area contributed by atoms with E-state index in [1.165, 1.54) is 43.3 Å². The van der Waals surface area contributed by atoms with Crippen molar-refractivity contribution in [2.45, 2.75) is 60.6 Å². The summed E-state index contributed by atoms with van der Waals surface area (Å²) >= 11 is 1.88. The van der Waals surface area contributed by atoms with Crippen LogP contribution in [0.5, 0.6) is 0 Å². The van der Waals surface area contributed by atoms with Crippen LogP contribution in [0.4, 0.5) is 0 Å². The lowest BCUT2D eigenvalue weighted by Crippen LogP contribution is -2.52. The van der Waals surface area contributed by atoms with Crippen molar-refractivity contribution in [3.8, 4) is 0 Å². The number of nitrogens with zero attached hydrogens (tertiary/aromatic N) is 2. The third-order valence-electron chi connectivity index (χ3n) is 10.0. The highest BCUT2D eigenvalue weighted by Crippen LogP contribution is 2.71. The SMILES string of the molecule is COC1(O)C2(C)c3cc4ccccc4cc3C3=[N+](C(C(C)C)=NC4Sc5ccc6ccccc6c5C34)C12C.